The van der Waals surface area contributed by atoms with Crippen LogP contribution in [0.2, 0.25) is 0 Å². The van der Waals surface area contributed by atoms with Crippen LogP contribution in [0.3, 0.4) is 0 Å². The van der Waals surface area contributed by atoms with Crippen molar-refractivity contribution in [3.05, 3.63) is 35.6 Å². The van der Waals surface area contributed by atoms with Crippen LogP contribution in [0.5, 0.6) is 0 Å². The standard InChI is InChI=1S/C11H13FN2/c1-8(7-13)14-9(2)10-3-5-11(12)6-4-10/h3-6,8-9,14H,1-2H3. The van der Waals surface area contributed by atoms with E-state index in [0.29, 0.717) is 0 Å². The fraction of sp³-hybridized carbons (Fsp3) is 0.364. The molecule has 0 aliphatic carbocycles. The summed E-state index contributed by atoms with van der Waals surface area (Å²) in [6.07, 6.45) is 0. The van der Waals surface area contributed by atoms with E-state index in [9.17, 15) is 4.39 Å². The Morgan fingerprint density at radius 2 is 1.86 bits per heavy atom. The van der Waals surface area contributed by atoms with E-state index in [1.54, 1.807) is 19.1 Å². The summed E-state index contributed by atoms with van der Waals surface area (Å²) in [5.74, 6) is -0.241. The lowest BCUT2D eigenvalue weighted by molar-refractivity contribution is 0.541. The van der Waals surface area contributed by atoms with Gasteiger partial charge < -0.3 is 0 Å². The molecule has 0 heterocycles. The normalized spacial score (nSPS) is 14.4. The third-order valence-corrected chi connectivity index (χ3v) is 2.06. The zero-order valence-electron chi connectivity index (χ0n) is 8.29. The Hall–Kier alpha value is -1.40. The molecule has 0 saturated carbocycles. The highest BCUT2D eigenvalue weighted by Crippen LogP contribution is 2.13. The number of rotatable bonds is 3. The molecule has 2 unspecified atom stereocenters. The topological polar surface area (TPSA) is 35.8 Å². The van der Waals surface area contributed by atoms with Crippen LogP contribution in [0.25, 0.3) is 0 Å². The van der Waals surface area contributed by atoms with Gasteiger partial charge in [-0.1, -0.05) is 12.1 Å². The van der Waals surface area contributed by atoms with Crippen molar-refractivity contribution >= 4 is 0 Å². The minimum absolute atomic E-state index is 0.0604. The van der Waals surface area contributed by atoms with Gasteiger partial charge in [0.05, 0.1) is 12.1 Å². The van der Waals surface area contributed by atoms with Crippen molar-refractivity contribution < 1.29 is 4.39 Å². The van der Waals surface area contributed by atoms with Crippen molar-refractivity contribution in [1.29, 1.82) is 5.26 Å². The Labute approximate surface area is 83.4 Å². The Bertz CT molecular complexity index is 326. The fourth-order valence-electron chi connectivity index (χ4n) is 1.26. The maximum absolute atomic E-state index is 12.6. The molecule has 0 radical (unpaired) electrons. The third-order valence-electron chi connectivity index (χ3n) is 2.06. The number of halogens is 1. The Kier molecular flexibility index (Phi) is 3.61. The van der Waals surface area contributed by atoms with E-state index in [1.165, 1.54) is 12.1 Å². The molecule has 0 aromatic heterocycles. The summed E-state index contributed by atoms with van der Waals surface area (Å²) in [6.45, 7) is 3.74. The van der Waals surface area contributed by atoms with Crippen LogP contribution >= 0.6 is 0 Å². The summed E-state index contributed by atoms with van der Waals surface area (Å²) in [5, 5.41) is 11.7. The van der Waals surface area contributed by atoms with Gasteiger partial charge in [-0.05, 0) is 31.5 Å². The molecular weight excluding hydrogens is 179 g/mol. The molecule has 1 rings (SSSR count). The second kappa shape index (κ2) is 4.73. The zero-order chi connectivity index (χ0) is 10.6. The van der Waals surface area contributed by atoms with Gasteiger partial charge in [-0.25, -0.2) is 4.39 Å². The van der Waals surface area contributed by atoms with Crippen molar-refractivity contribution in [2.75, 3.05) is 0 Å². The minimum atomic E-state index is -0.241. The van der Waals surface area contributed by atoms with E-state index in [4.69, 9.17) is 5.26 Å². The molecule has 74 valence electrons. The molecule has 1 aromatic rings. The van der Waals surface area contributed by atoms with Crippen molar-refractivity contribution in [3.63, 3.8) is 0 Å². The number of nitrogens with zero attached hydrogens (tertiary/aromatic N) is 1. The maximum Gasteiger partial charge on any atom is 0.123 e. The molecule has 0 amide bonds. The predicted octanol–water partition coefficient (Wildman–Crippen LogP) is 2.39. The van der Waals surface area contributed by atoms with Gasteiger partial charge in [0.2, 0.25) is 0 Å². The SMILES string of the molecule is CC(C#N)NC(C)c1ccc(F)cc1. The first kappa shape index (κ1) is 10.7. The first-order valence-corrected chi connectivity index (χ1v) is 4.54. The van der Waals surface area contributed by atoms with Crippen LogP contribution in [0.1, 0.15) is 25.5 Å². The molecule has 2 nitrogen and oxygen atoms in total. The monoisotopic (exact) mass is 192 g/mol. The average Bonchev–Trinajstić information content (AvgIpc) is 2.18. The number of hydrogen-bond acceptors (Lipinski definition) is 2. The number of hydrogen-bond donors (Lipinski definition) is 1. The summed E-state index contributed by atoms with van der Waals surface area (Å²) < 4.78 is 12.6. The molecule has 0 saturated heterocycles. The van der Waals surface area contributed by atoms with E-state index in [-0.39, 0.29) is 17.9 Å². The second-order valence-electron chi connectivity index (χ2n) is 3.29. The first-order valence-electron chi connectivity index (χ1n) is 4.54. The summed E-state index contributed by atoms with van der Waals surface area (Å²) in [4.78, 5) is 0. The van der Waals surface area contributed by atoms with Crippen LogP contribution in [0.4, 0.5) is 4.39 Å². The molecule has 14 heavy (non-hydrogen) atoms. The fourth-order valence-corrected chi connectivity index (χ4v) is 1.26. The van der Waals surface area contributed by atoms with E-state index < -0.39 is 0 Å². The summed E-state index contributed by atoms with van der Waals surface area (Å²) in [6, 6.07) is 8.23. The van der Waals surface area contributed by atoms with Crippen molar-refractivity contribution in [2.45, 2.75) is 25.9 Å². The minimum Gasteiger partial charge on any atom is -0.296 e. The molecular formula is C11H13FN2. The van der Waals surface area contributed by atoms with Crippen LogP contribution in [-0.2, 0) is 0 Å². The highest BCUT2D eigenvalue weighted by Gasteiger charge is 2.07. The van der Waals surface area contributed by atoms with Gasteiger partial charge in [0.15, 0.2) is 0 Å². The molecule has 0 fully saturated rings. The van der Waals surface area contributed by atoms with E-state index >= 15 is 0 Å². The molecule has 1 aromatic carbocycles. The highest BCUT2D eigenvalue weighted by atomic mass is 19.1. The van der Waals surface area contributed by atoms with E-state index in [1.807, 2.05) is 6.92 Å². The molecule has 1 N–H and O–H groups in total. The molecule has 3 heteroatoms. The maximum atomic E-state index is 12.6. The lowest BCUT2D eigenvalue weighted by Gasteiger charge is -2.15. The lowest BCUT2D eigenvalue weighted by atomic mass is 10.1. The molecule has 0 aliphatic rings. The quantitative estimate of drug-likeness (QED) is 0.798. The summed E-state index contributed by atoms with van der Waals surface area (Å²) >= 11 is 0. The van der Waals surface area contributed by atoms with Gasteiger partial charge in [0, 0.05) is 6.04 Å². The third kappa shape index (κ3) is 2.82. The second-order valence-corrected chi connectivity index (χ2v) is 3.29. The first-order chi connectivity index (χ1) is 6.63. The highest BCUT2D eigenvalue weighted by molar-refractivity contribution is 5.19. The van der Waals surface area contributed by atoms with Crippen LogP contribution < -0.4 is 5.32 Å². The molecule has 2 atom stereocenters. The number of benzene rings is 1. The van der Waals surface area contributed by atoms with Crippen molar-refractivity contribution in [1.82, 2.24) is 5.32 Å². The van der Waals surface area contributed by atoms with Gasteiger partial charge in [0.25, 0.3) is 0 Å². The van der Waals surface area contributed by atoms with Gasteiger partial charge in [-0.3, -0.25) is 5.32 Å². The molecule has 0 spiro atoms. The molecule has 0 aliphatic heterocycles. The Morgan fingerprint density at radius 1 is 1.29 bits per heavy atom. The van der Waals surface area contributed by atoms with Crippen LogP contribution in [0.15, 0.2) is 24.3 Å². The Balaban J connectivity index is 2.66. The van der Waals surface area contributed by atoms with Crippen LogP contribution in [-0.4, -0.2) is 6.04 Å². The smallest absolute Gasteiger partial charge is 0.123 e. The zero-order valence-corrected chi connectivity index (χ0v) is 8.29. The summed E-state index contributed by atoms with van der Waals surface area (Å²) in [7, 11) is 0. The molecule has 0 bridgehead atoms. The number of nitriles is 1. The van der Waals surface area contributed by atoms with Crippen molar-refractivity contribution in [3.8, 4) is 6.07 Å². The Morgan fingerprint density at radius 3 is 2.36 bits per heavy atom. The largest absolute Gasteiger partial charge is 0.296 e. The average molecular weight is 192 g/mol. The summed E-state index contributed by atoms with van der Waals surface area (Å²) in [5.41, 5.74) is 0.980. The van der Waals surface area contributed by atoms with Gasteiger partial charge in [0.1, 0.15) is 5.82 Å². The van der Waals surface area contributed by atoms with Gasteiger partial charge in [-0.2, -0.15) is 5.26 Å². The lowest BCUT2D eigenvalue weighted by Crippen LogP contribution is -2.27. The van der Waals surface area contributed by atoms with Gasteiger partial charge >= 0.3 is 0 Å². The van der Waals surface area contributed by atoms with Gasteiger partial charge in [-0.15, -0.1) is 0 Å². The van der Waals surface area contributed by atoms with Crippen LogP contribution in [0, 0.1) is 17.1 Å². The van der Waals surface area contributed by atoms with Crippen molar-refractivity contribution in [2.24, 2.45) is 0 Å². The number of nitrogens with one attached hydrogen (secondary N) is 1. The van der Waals surface area contributed by atoms with E-state index in [2.05, 4.69) is 11.4 Å². The van der Waals surface area contributed by atoms with E-state index in [0.717, 1.165) is 5.56 Å². The predicted molar refractivity (Wildman–Crippen MR) is 53.0 cm³/mol.